The third kappa shape index (κ3) is 4.89. The predicted molar refractivity (Wildman–Crippen MR) is 70.4 cm³/mol. The minimum absolute atomic E-state index is 0. The summed E-state index contributed by atoms with van der Waals surface area (Å²) in [6.45, 7) is 2.36. The molecular formula is C11H15Cl2FN2O. The second-order valence-electron chi connectivity index (χ2n) is 3.58. The minimum Gasteiger partial charge on any atom is -0.326 e. The lowest BCUT2D eigenvalue weighted by Gasteiger charge is -2.11. The fraction of sp³-hybridized carbons (Fsp3) is 0.364. The number of hydrogen-bond acceptors (Lipinski definition) is 2. The molecule has 0 saturated carbocycles. The van der Waals surface area contributed by atoms with Crippen LogP contribution in [0.15, 0.2) is 18.2 Å². The van der Waals surface area contributed by atoms with Crippen molar-refractivity contribution in [2.45, 2.75) is 6.92 Å². The normalized spacial score (nSPS) is 11.5. The fourth-order valence-electron chi connectivity index (χ4n) is 1.24. The van der Waals surface area contributed by atoms with E-state index in [1.807, 2.05) is 0 Å². The number of anilines is 1. The highest BCUT2D eigenvalue weighted by Crippen LogP contribution is 2.19. The van der Waals surface area contributed by atoms with Crippen LogP contribution < -0.4 is 10.6 Å². The van der Waals surface area contributed by atoms with Crippen LogP contribution in [-0.4, -0.2) is 19.5 Å². The second kappa shape index (κ2) is 7.48. The molecule has 0 radical (unpaired) electrons. The molecule has 6 heteroatoms. The molecule has 0 spiro atoms. The molecule has 0 saturated heterocycles. The summed E-state index contributed by atoms with van der Waals surface area (Å²) >= 11 is 5.53. The number of carbonyl (C=O) groups excluding carboxylic acids is 1. The Balaban J connectivity index is 0.00000256. The van der Waals surface area contributed by atoms with Gasteiger partial charge in [-0.1, -0.05) is 18.5 Å². The van der Waals surface area contributed by atoms with E-state index in [4.69, 9.17) is 11.6 Å². The van der Waals surface area contributed by atoms with Crippen molar-refractivity contribution in [2.75, 3.05) is 18.9 Å². The van der Waals surface area contributed by atoms with Crippen LogP contribution in [0.25, 0.3) is 0 Å². The van der Waals surface area contributed by atoms with Crippen LogP contribution in [0.1, 0.15) is 6.92 Å². The zero-order chi connectivity index (χ0) is 12.1. The van der Waals surface area contributed by atoms with Gasteiger partial charge in [0.25, 0.3) is 0 Å². The summed E-state index contributed by atoms with van der Waals surface area (Å²) in [6, 6.07) is 4.18. The van der Waals surface area contributed by atoms with Gasteiger partial charge in [-0.05, 0) is 25.2 Å². The molecule has 1 rings (SSSR count). The first-order valence-electron chi connectivity index (χ1n) is 4.95. The van der Waals surface area contributed by atoms with Gasteiger partial charge in [0, 0.05) is 18.2 Å². The molecule has 0 aliphatic heterocycles. The largest absolute Gasteiger partial charge is 0.326 e. The Kier molecular flexibility index (Phi) is 7.11. The quantitative estimate of drug-likeness (QED) is 0.891. The highest BCUT2D eigenvalue weighted by molar-refractivity contribution is 6.30. The van der Waals surface area contributed by atoms with Crippen molar-refractivity contribution in [1.29, 1.82) is 0 Å². The van der Waals surface area contributed by atoms with Crippen LogP contribution in [0, 0.1) is 11.7 Å². The Morgan fingerprint density at radius 2 is 2.18 bits per heavy atom. The SMILES string of the molecule is CNCC(C)C(=O)Nc1ccc(Cl)c(F)c1.Cl. The van der Waals surface area contributed by atoms with Gasteiger partial charge >= 0.3 is 0 Å². The van der Waals surface area contributed by atoms with Crippen molar-refractivity contribution in [3.05, 3.63) is 29.0 Å². The van der Waals surface area contributed by atoms with Crippen molar-refractivity contribution in [1.82, 2.24) is 5.32 Å². The van der Waals surface area contributed by atoms with Crippen LogP contribution in [-0.2, 0) is 4.79 Å². The maximum atomic E-state index is 13.1. The third-order valence-corrected chi connectivity index (χ3v) is 2.45. The standard InChI is InChI=1S/C11H14ClFN2O.ClH/c1-7(6-14-2)11(16)15-8-3-4-9(12)10(13)5-8;/h3-5,7,14H,6H2,1-2H3,(H,15,16);1H. The molecule has 2 N–H and O–H groups in total. The van der Waals surface area contributed by atoms with E-state index in [0.29, 0.717) is 12.2 Å². The molecule has 1 atom stereocenters. The first kappa shape index (κ1) is 16.2. The molecule has 0 aromatic heterocycles. The van der Waals surface area contributed by atoms with Crippen molar-refractivity contribution >= 4 is 35.6 Å². The molecule has 17 heavy (non-hydrogen) atoms. The van der Waals surface area contributed by atoms with Gasteiger partial charge in [-0.2, -0.15) is 0 Å². The molecule has 0 heterocycles. The van der Waals surface area contributed by atoms with E-state index < -0.39 is 5.82 Å². The first-order valence-corrected chi connectivity index (χ1v) is 5.33. The maximum Gasteiger partial charge on any atom is 0.228 e. The fourth-order valence-corrected chi connectivity index (χ4v) is 1.36. The molecule has 1 unspecified atom stereocenters. The van der Waals surface area contributed by atoms with Gasteiger partial charge in [0.15, 0.2) is 0 Å². The number of hydrogen-bond donors (Lipinski definition) is 2. The number of benzene rings is 1. The second-order valence-corrected chi connectivity index (χ2v) is 3.98. The van der Waals surface area contributed by atoms with E-state index in [-0.39, 0.29) is 29.3 Å². The first-order chi connectivity index (χ1) is 7.54. The molecule has 1 aromatic carbocycles. The van der Waals surface area contributed by atoms with Crippen LogP contribution >= 0.6 is 24.0 Å². The molecule has 0 fully saturated rings. The van der Waals surface area contributed by atoms with Gasteiger partial charge in [0.05, 0.1) is 5.02 Å². The number of rotatable bonds is 4. The Morgan fingerprint density at radius 3 is 2.71 bits per heavy atom. The Hall–Kier alpha value is -0.840. The number of halogens is 3. The number of nitrogens with one attached hydrogen (secondary N) is 2. The van der Waals surface area contributed by atoms with Crippen molar-refractivity contribution in [3.63, 3.8) is 0 Å². The van der Waals surface area contributed by atoms with Gasteiger partial charge in [0.1, 0.15) is 5.82 Å². The van der Waals surface area contributed by atoms with Gasteiger partial charge in [-0.3, -0.25) is 4.79 Å². The average molecular weight is 281 g/mol. The highest BCUT2D eigenvalue weighted by atomic mass is 35.5. The summed E-state index contributed by atoms with van der Waals surface area (Å²) in [5.41, 5.74) is 0.412. The summed E-state index contributed by atoms with van der Waals surface area (Å²) in [4.78, 5) is 11.6. The highest BCUT2D eigenvalue weighted by Gasteiger charge is 2.12. The minimum atomic E-state index is -0.541. The molecule has 96 valence electrons. The Bertz CT molecular complexity index is 388. The number of amides is 1. The summed E-state index contributed by atoms with van der Waals surface area (Å²) in [5.74, 6) is -0.874. The van der Waals surface area contributed by atoms with Crippen molar-refractivity contribution in [2.24, 2.45) is 5.92 Å². The van der Waals surface area contributed by atoms with E-state index >= 15 is 0 Å². The smallest absolute Gasteiger partial charge is 0.228 e. The van der Waals surface area contributed by atoms with Crippen LogP contribution in [0.3, 0.4) is 0 Å². The van der Waals surface area contributed by atoms with Crippen molar-refractivity contribution < 1.29 is 9.18 Å². The van der Waals surface area contributed by atoms with Gasteiger partial charge in [-0.25, -0.2) is 4.39 Å². The maximum absolute atomic E-state index is 13.1. The molecule has 0 aliphatic rings. The summed E-state index contributed by atoms with van der Waals surface area (Å²) < 4.78 is 13.1. The van der Waals surface area contributed by atoms with Gasteiger partial charge < -0.3 is 10.6 Å². The molecular weight excluding hydrogens is 266 g/mol. The van der Waals surface area contributed by atoms with E-state index in [2.05, 4.69) is 10.6 Å². The van der Waals surface area contributed by atoms with E-state index in [0.717, 1.165) is 0 Å². The summed E-state index contributed by atoms with van der Waals surface area (Å²) in [6.07, 6.45) is 0. The molecule has 1 amide bonds. The summed E-state index contributed by atoms with van der Waals surface area (Å²) in [7, 11) is 1.77. The zero-order valence-corrected chi connectivity index (χ0v) is 11.2. The average Bonchev–Trinajstić information content (AvgIpc) is 2.24. The Morgan fingerprint density at radius 1 is 1.53 bits per heavy atom. The molecule has 3 nitrogen and oxygen atoms in total. The van der Waals surface area contributed by atoms with Gasteiger partial charge in [0.2, 0.25) is 5.91 Å². The third-order valence-electron chi connectivity index (χ3n) is 2.15. The van der Waals surface area contributed by atoms with Gasteiger partial charge in [-0.15, -0.1) is 12.4 Å². The van der Waals surface area contributed by atoms with E-state index in [9.17, 15) is 9.18 Å². The molecule has 0 aliphatic carbocycles. The van der Waals surface area contributed by atoms with Crippen LogP contribution in [0.5, 0.6) is 0 Å². The predicted octanol–water partition coefficient (Wildman–Crippen LogP) is 2.69. The van der Waals surface area contributed by atoms with Crippen molar-refractivity contribution in [3.8, 4) is 0 Å². The lowest BCUT2D eigenvalue weighted by Crippen LogP contribution is -2.28. The Labute approximate surface area is 111 Å². The lowest BCUT2D eigenvalue weighted by atomic mass is 10.1. The monoisotopic (exact) mass is 280 g/mol. The van der Waals surface area contributed by atoms with Crippen LogP contribution in [0.2, 0.25) is 5.02 Å². The summed E-state index contributed by atoms with van der Waals surface area (Å²) in [5, 5.41) is 5.56. The van der Waals surface area contributed by atoms with E-state index in [1.54, 1.807) is 20.0 Å². The molecule has 1 aromatic rings. The molecule has 0 bridgehead atoms. The number of carbonyl (C=O) groups is 1. The van der Waals surface area contributed by atoms with Crippen LogP contribution in [0.4, 0.5) is 10.1 Å². The van der Waals surface area contributed by atoms with E-state index in [1.165, 1.54) is 12.1 Å². The topological polar surface area (TPSA) is 41.1 Å². The zero-order valence-electron chi connectivity index (χ0n) is 9.59. The lowest BCUT2D eigenvalue weighted by molar-refractivity contribution is -0.119.